The molecule has 0 spiro atoms. The summed E-state index contributed by atoms with van der Waals surface area (Å²) in [6.07, 6.45) is 0.175. The Morgan fingerprint density at radius 1 is 0.471 bits per heavy atom. The van der Waals surface area contributed by atoms with Gasteiger partial charge in [0.1, 0.15) is 17.9 Å². The first-order valence-electron chi connectivity index (χ1n) is 24.1. The van der Waals surface area contributed by atoms with E-state index in [0.29, 0.717) is 33.0 Å². The van der Waals surface area contributed by atoms with Gasteiger partial charge in [-0.2, -0.15) is 0 Å². The number of rotatable bonds is 19. The van der Waals surface area contributed by atoms with Crippen LogP contribution in [0, 0.1) is 20.8 Å². The number of hydrogen-bond donors (Lipinski definition) is 0. The largest absolute Gasteiger partial charge is 0.374 e. The molecule has 0 saturated carbocycles. The lowest BCUT2D eigenvalue weighted by Crippen LogP contribution is -2.40. The van der Waals surface area contributed by atoms with E-state index in [0.717, 1.165) is 74.0 Å². The molecule has 6 aromatic carbocycles. The van der Waals surface area contributed by atoms with E-state index in [9.17, 15) is 0 Å². The van der Waals surface area contributed by atoms with Crippen LogP contribution >= 0.6 is 0 Å². The normalized spacial score (nSPS) is 12.0. The number of anilines is 6. The van der Waals surface area contributed by atoms with E-state index in [1.165, 1.54) is 17.2 Å². The summed E-state index contributed by atoms with van der Waals surface area (Å²) >= 11 is 0. The third-order valence-corrected chi connectivity index (χ3v) is 12.3. The van der Waals surface area contributed by atoms with Crippen LogP contribution in [0.15, 0.2) is 146 Å². The summed E-state index contributed by atoms with van der Waals surface area (Å²) in [5.74, 6) is 1.24. The third-order valence-electron chi connectivity index (χ3n) is 12.3. The Hall–Kier alpha value is -6.03. The highest BCUT2D eigenvalue weighted by molar-refractivity contribution is 5.81. The number of ether oxygens (including phenoxy) is 4. The molecule has 0 unspecified atom stereocenters. The molecule has 356 valence electrons. The SMILES string of the molecule is Cc1c(C)[n+](CCOCc2ccc(N(c3ccc(COC(C)(C)C)cc3)c3ccc(-c4ccc(N(c5ccc(COC(C)C)cc5)c5ccc(COC(C)(C)C)cc5)cc4)cc3)cc2)c(C)n1C. The van der Waals surface area contributed by atoms with Gasteiger partial charge in [0, 0.05) is 54.9 Å². The molecule has 0 amide bonds. The topological polar surface area (TPSA) is 52.2 Å². The molecule has 7 aromatic rings. The van der Waals surface area contributed by atoms with E-state index in [1.54, 1.807) is 0 Å². The Morgan fingerprint density at radius 3 is 1.10 bits per heavy atom. The van der Waals surface area contributed by atoms with Crippen LogP contribution in [0.3, 0.4) is 0 Å². The molecular weight excluding hydrogens is 841 g/mol. The van der Waals surface area contributed by atoms with Crippen molar-refractivity contribution in [1.29, 1.82) is 0 Å². The molecule has 0 aliphatic heterocycles. The summed E-state index contributed by atoms with van der Waals surface area (Å²) in [7, 11) is 2.12. The molecule has 0 atom stereocenters. The van der Waals surface area contributed by atoms with Crippen LogP contribution in [0.25, 0.3) is 11.1 Å². The molecule has 0 bridgehead atoms. The average molecular weight is 914 g/mol. The van der Waals surface area contributed by atoms with Gasteiger partial charge in [-0.05, 0) is 162 Å². The minimum atomic E-state index is -0.210. The first kappa shape index (κ1) is 49.9. The Labute approximate surface area is 406 Å². The van der Waals surface area contributed by atoms with Crippen molar-refractivity contribution in [2.24, 2.45) is 7.05 Å². The summed E-state index contributed by atoms with van der Waals surface area (Å²) in [5, 5.41) is 0. The highest BCUT2D eigenvalue weighted by Gasteiger charge is 2.20. The number of aromatic nitrogens is 2. The Morgan fingerprint density at radius 2 is 0.794 bits per heavy atom. The first-order valence-corrected chi connectivity index (χ1v) is 24.1. The zero-order chi connectivity index (χ0) is 48.6. The van der Waals surface area contributed by atoms with Gasteiger partial charge in [0.05, 0.1) is 57.4 Å². The van der Waals surface area contributed by atoms with Crippen molar-refractivity contribution in [2.45, 2.75) is 126 Å². The fourth-order valence-corrected chi connectivity index (χ4v) is 8.11. The molecule has 8 heteroatoms. The van der Waals surface area contributed by atoms with Crippen LogP contribution in [-0.4, -0.2) is 28.5 Å². The highest BCUT2D eigenvalue weighted by Crippen LogP contribution is 2.39. The maximum atomic E-state index is 6.21. The standard InChI is InChI=1S/C60H73N4O4/c1-43(2)66-40-48-15-27-54(28-16-48)64(56-31-19-50(20-32-56)42-68-60(9,10)11)58-35-23-52(24-36-58)51-21-33-57(34-22-51)63(55-29-17-49(18-30-55)41-67-59(6,7)8)53-25-13-47(14-26-53)39-65-38-37-62-45(4)44(3)61(12)46(62)5/h13-36,43H,37-42H2,1-12H3/q+1. The van der Waals surface area contributed by atoms with Crippen LogP contribution in [0.1, 0.15) is 94.9 Å². The Kier molecular flexibility index (Phi) is 16.1. The quantitative estimate of drug-likeness (QED) is 0.0595. The van der Waals surface area contributed by atoms with Crippen LogP contribution in [0.5, 0.6) is 0 Å². The van der Waals surface area contributed by atoms with Gasteiger partial charge in [0.25, 0.3) is 5.82 Å². The molecule has 0 radical (unpaired) electrons. The van der Waals surface area contributed by atoms with Gasteiger partial charge in [0.2, 0.25) is 0 Å². The summed E-state index contributed by atoms with van der Waals surface area (Å²) in [6.45, 7) is 26.9. The number of imidazole rings is 1. The van der Waals surface area contributed by atoms with E-state index in [2.05, 4.69) is 248 Å². The number of nitrogens with zero attached hydrogens (tertiary/aromatic N) is 4. The van der Waals surface area contributed by atoms with Gasteiger partial charge in [-0.15, -0.1) is 0 Å². The first-order chi connectivity index (χ1) is 32.4. The van der Waals surface area contributed by atoms with E-state index < -0.39 is 0 Å². The van der Waals surface area contributed by atoms with Gasteiger partial charge in [0.15, 0.2) is 0 Å². The van der Waals surface area contributed by atoms with Crippen LogP contribution < -0.4 is 14.4 Å². The van der Waals surface area contributed by atoms with E-state index in [1.807, 2.05) is 0 Å². The van der Waals surface area contributed by atoms with E-state index >= 15 is 0 Å². The molecular formula is C60H73N4O4+. The summed E-state index contributed by atoms with van der Waals surface area (Å²) < 4.78 is 28.9. The lowest BCUT2D eigenvalue weighted by atomic mass is 10.0. The summed E-state index contributed by atoms with van der Waals surface area (Å²) in [5.41, 5.74) is 15.4. The smallest absolute Gasteiger partial charge is 0.253 e. The van der Waals surface area contributed by atoms with Crippen molar-refractivity contribution in [2.75, 3.05) is 16.4 Å². The zero-order valence-corrected chi connectivity index (χ0v) is 42.6. The van der Waals surface area contributed by atoms with Gasteiger partial charge < -0.3 is 28.7 Å². The molecule has 7 rings (SSSR count). The molecule has 0 saturated heterocycles. The Balaban J connectivity index is 1.11. The lowest BCUT2D eigenvalue weighted by Gasteiger charge is -2.27. The van der Waals surface area contributed by atoms with E-state index in [4.69, 9.17) is 18.9 Å². The second-order valence-corrected chi connectivity index (χ2v) is 20.1. The number of benzene rings is 6. The van der Waals surface area contributed by atoms with Crippen molar-refractivity contribution in [3.8, 4) is 11.1 Å². The van der Waals surface area contributed by atoms with E-state index in [-0.39, 0.29) is 17.3 Å². The third kappa shape index (κ3) is 13.1. The second-order valence-electron chi connectivity index (χ2n) is 20.1. The van der Waals surface area contributed by atoms with Crippen LogP contribution in [0.2, 0.25) is 0 Å². The monoisotopic (exact) mass is 914 g/mol. The summed E-state index contributed by atoms with van der Waals surface area (Å²) in [4.78, 5) is 4.61. The van der Waals surface area contributed by atoms with Gasteiger partial charge in [-0.3, -0.25) is 0 Å². The van der Waals surface area contributed by atoms with Crippen molar-refractivity contribution < 1.29 is 23.5 Å². The zero-order valence-electron chi connectivity index (χ0n) is 42.6. The minimum absolute atomic E-state index is 0.175. The van der Waals surface area contributed by atoms with Gasteiger partial charge in [-0.1, -0.05) is 72.8 Å². The van der Waals surface area contributed by atoms with Crippen molar-refractivity contribution in [3.05, 3.63) is 185 Å². The maximum absolute atomic E-state index is 6.21. The lowest BCUT2D eigenvalue weighted by molar-refractivity contribution is -0.709. The molecule has 0 fully saturated rings. The maximum Gasteiger partial charge on any atom is 0.253 e. The molecule has 1 heterocycles. The summed E-state index contributed by atoms with van der Waals surface area (Å²) in [6, 6.07) is 52.5. The molecule has 0 aliphatic carbocycles. The predicted molar refractivity (Wildman–Crippen MR) is 280 cm³/mol. The average Bonchev–Trinajstić information content (AvgIpc) is 3.50. The van der Waals surface area contributed by atoms with Gasteiger partial charge >= 0.3 is 0 Å². The highest BCUT2D eigenvalue weighted by atomic mass is 16.5. The molecule has 1 aromatic heterocycles. The fraction of sp³-hybridized carbons (Fsp3) is 0.350. The van der Waals surface area contributed by atoms with Crippen molar-refractivity contribution >= 4 is 34.1 Å². The fourth-order valence-electron chi connectivity index (χ4n) is 8.11. The number of hydrogen-bond acceptors (Lipinski definition) is 6. The van der Waals surface area contributed by atoms with Crippen molar-refractivity contribution in [3.63, 3.8) is 0 Å². The van der Waals surface area contributed by atoms with Crippen molar-refractivity contribution in [1.82, 2.24) is 4.57 Å². The van der Waals surface area contributed by atoms with Crippen LogP contribution in [-0.2, 0) is 59.0 Å². The minimum Gasteiger partial charge on any atom is -0.374 e. The van der Waals surface area contributed by atoms with Gasteiger partial charge in [-0.25, -0.2) is 9.13 Å². The molecule has 68 heavy (non-hydrogen) atoms. The second kappa shape index (κ2) is 21.9. The van der Waals surface area contributed by atoms with Crippen LogP contribution in [0.4, 0.5) is 34.1 Å². The molecule has 0 aliphatic rings. The molecule has 8 nitrogen and oxygen atoms in total. The Bertz CT molecular complexity index is 2650. The predicted octanol–water partition coefficient (Wildman–Crippen LogP) is 14.6. The molecule has 0 N–H and O–H groups in total.